The Balaban J connectivity index is 1.37. The number of piperidine rings is 1. The second-order valence-electron chi connectivity index (χ2n) is 7.03. The Morgan fingerprint density at radius 2 is 2.04 bits per heavy atom. The summed E-state index contributed by atoms with van der Waals surface area (Å²) in [5.74, 6) is 0.921. The van der Waals surface area contributed by atoms with Crippen molar-refractivity contribution in [3.63, 3.8) is 0 Å². The van der Waals surface area contributed by atoms with Crippen LogP contribution in [0, 0.1) is 0 Å². The molecule has 1 aromatic heterocycles. The number of ether oxygens (including phenoxy) is 1. The summed E-state index contributed by atoms with van der Waals surface area (Å²) in [5.41, 5.74) is 2.11. The van der Waals surface area contributed by atoms with E-state index in [4.69, 9.17) is 0 Å². The molecule has 0 radical (unpaired) electrons. The number of aromatic amines is 1. The summed E-state index contributed by atoms with van der Waals surface area (Å²) in [5, 5.41) is 3.68. The maximum absolute atomic E-state index is 12.5. The first-order chi connectivity index (χ1) is 13.1. The third-order valence-electron chi connectivity index (χ3n) is 5.34. The Labute approximate surface area is 155 Å². The van der Waals surface area contributed by atoms with E-state index in [1.165, 1.54) is 18.0 Å². The molecule has 1 aromatic carbocycles. The highest BCUT2D eigenvalue weighted by molar-refractivity contribution is 5.41. The van der Waals surface area contributed by atoms with Gasteiger partial charge in [0.25, 0.3) is 5.56 Å². The van der Waals surface area contributed by atoms with Gasteiger partial charge >= 0.3 is 6.61 Å². The first-order valence-corrected chi connectivity index (χ1v) is 9.22. The van der Waals surface area contributed by atoms with Gasteiger partial charge in [0.1, 0.15) is 11.6 Å². The number of hydrogen-bond acceptors (Lipinski definition) is 5. The van der Waals surface area contributed by atoms with Gasteiger partial charge < -0.3 is 19.9 Å². The van der Waals surface area contributed by atoms with Crippen LogP contribution in [0.2, 0.25) is 0 Å². The summed E-state index contributed by atoms with van der Waals surface area (Å²) >= 11 is 0. The molecule has 1 atom stereocenters. The molecule has 1 aliphatic heterocycles. The quantitative estimate of drug-likeness (QED) is 0.840. The van der Waals surface area contributed by atoms with Crippen molar-refractivity contribution >= 4 is 5.82 Å². The van der Waals surface area contributed by atoms with E-state index in [0.717, 1.165) is 44.3 Å². The summed E-state index contributed by atoms with van der Waals surface area (Å²) in [6, 6.07) is 7.26. The zero-order valence-corrected chi connectivity index (χ0v) is 14.8. The molecule has 1 aliphatic carbocycles. The zero-order chi connectivity index (χ0) is 18.8. The molecule has 0 bridgehead atoms. The lowest BCUT2D eigenvalue weighted by molar-refractivity contribution is -0.0499. The largest absolute Gasteiger partial charge is 0.435 e. The molecule has 27 heavy (non-hydrogen) atoms. The van der Waals surface area contributed by atoms with Gasteiger partial charge in [-0.1, -0.05) is 6.07 Å². The number of nitrogens with one attached hydrogen (secondary N) is 2. The molecule has 1 saturated heterocycles. The van der Waals surface area contributed by atoms with E-state index in [2.05, 4.69) is 24.9 Å². The molecule has 2 aromatic rings. The number of rotatable bonds is 5. The van der Waals surface area contributed by atoms with Crippen molar-refractivity contribution in [3.8, 4) is 5.75 Å². The monoisotopic (exact) mass is 376 g/mol. The number of halogens is 2. The lowest BCUT2D eigenvalue weighted by atomic mass is 10.0. The molecular weight excluding hydrogens is 354 g/mol. The average molecular weight is 376 g/mol. The smallest absolute Gasteiger partial charge is 0.387 e. The van der Waals surface area contributed by atoms with Crippen LogP contribution >= 0.6 is 0 Å². The number of aryl methyl sites for hydroxylation is 1. The molecule has 0 saturated carbocycles. The molecule has 2 heterocycles. The maximum atomic E-state index is 12.5. The van der Waals surface area contributed by atoms with Gasteiger partial charge in [0.15, 0.2) is 0 Å². The van der Waals surface area contributed by atoms with Crippen molar-refractivity contribution in [1.29, 1.82) is 0 Å². The second-order valence-corrected chi connectivity index (χ2v) is 7.03. The van der Waals surface area contributed by atoms with Gasteiger partial charge in [0, 0.05) is 31.2 Å². The Morgan fingerprint density at radius 1 is 1.22 bits per heavy atom. The lowest BCUT2D eigenvalue weighted by Gasteiger charge is -2.34. The summed E-state index contributed by atoms with van der Waals surface area (Å²) < 4.78 is 29.5. The highest BCUT2D eigenvalue weighted by Gasteiger charge is 2.28. The van der Waals surface area contributed by atoms with Gasteiger partial charge in [-0.15, -0.1) is 0 Å². The number of H-pyrrole nitrogens is 1. The van der Waals surface area contributed by atoms with Crippen molar-refractivity contribution in [2.24, 2.45) is 0 Å². The minimum Gasteiger partial charge on any atom is -0.435 e. The molecule has 144 valence electrons. The first-order valence-electron chi connectivity index (χ1n) is 9.22. The second kappa shape index (κ2) is 7.64. The van der Waals surface area contributed by atoms with E-state index >= 15 is 0 Å². The summed E-state index contributed by atoms with van der Waals surface area (Å²) in [6.45, 7) is -1.16. The normalized spacial score (nSPS) is 20.1. The fourth-order valence-corrected chi connectivity index (χ4v) is 4.02. The number of alkyl halides is 2. The van der Waals surface area contributed by atoms with Gasteiger partial charge in [0.2, 0.25) is 0 Å². The Kier molecular flexibility index (Phi) is 5.07. The zero-order valence-electron chi connectivity index (χ0n) is 14.8. The fourth-order valence-electron chi connectivity index (χ4n) is 4.02. The predicted octanol–water partition coefficient (Wildman–Crippen LogP) is 2.62. The highest BCUT2D eigenvalue weighted by Crippen LogP contribution is 2.35. The topological polar surface area (TPSA) is 70.2 Å². The molecule has 6 nitrogen and oxygen atoms in total. The summed E-state index contributed by atoms with van der Waals surface area (Å²) in [7, 11) is 0. The van der Waals surface area contributed by atoms with E-state index in [-0.39, 0.29) is 17.4 Å². The van der Waals surface area contributed by atoms with E-state index in [1.54, 1.807) is 12.1 Å². The van der Waals surface area contributed by atoms with Crippen molar-refractivity contribution in [3.05, 3.63) is 52.1 Å². The molecule has 0 spiro atoms. The van der Waals surface area contributed by atoms with Crippen LogP contribution in [-0.4, -0.2) is 35.7 Å². The molecule has 2 aliphatic rings. The lowest BCUT2D eigenvalue weighted by Crippen LogP contribution is -2.44. The standard InChI is InChI=1S/C19H22F2N4O2/c20-19(21)27-14-3-1-12-2-4-16(15(12)9-14)24-13-5-7-25(8-6-13)17-10-18(26)23-11-22-17/h1,3,9-11,13,16,19,24H,2,4-8H2,(H,22,23,26)/t16-/m1/s1. The van der Waals surface area contributed by atoms with Crippen LogP contribution in [-0.2, 0) is 6.42 Å². The number of fused-ring (bicyclic) bond motifs is 1. The van der Waals surface area contributed by atoms with Crippen molar-refractivity contribution in [2.75, 3.05) is 18.0 Å². The SMILES string of the molecule is O=c1cc(N2CCC(N[C@@H]3CCc4ccc(OC(F)F)cc43)CC2)nc[nH]1. The highest BCUT2D eigenvalue weighted by atomic mass is 19.3. The van der Waals surface area contributed by atoms with Crippen LogP contribution in [0.4, 0.5) is 14.6 Å². The molecule has 1 fully saturated rings. The average Bonchev–Trinajstić information content (AvgIpc) is 3.04. The number of hydrogen-bond donors (Lipinski definition) is 2. The Bertz CT molecular complexity index is 850. The Hall–Kier alpha value is -2.48. The number of nitrogens with zero attached hydrogens (tertiary/aromatic N) is 2. The third-order valence-corrected chi connectivity index (χ3v) is 5.34. The van der Waals surface area contributed by atoms with Gasteiger partial charge in [-0.25, -0.2) is 4.98 Å². The number of aromatic nitrogens is 2. The van der Waals surface area contributed by atoms with Crippen LogP contribution in [0.15, 0.2) is 35.4 Å². The minimum absolute atomic E-state index is 0.148. The van der Waals surface area contributed by atoms with Gasteiger partial charge in [0.05, 0.1) is 6.33 Å². The van der Waals surface area contributed by atoms with Crippen LogP contribution in [0.3, 0.4) is 0 Å². The first kappa shape index (κ1) is 17.9. The molecule has 0 unspecified atom stereocenters. The van der Waals surface area contributed by atoms with Crippen molar-refractivity contribution in [1.82, 2.24) is 15.3 Å². The predicted molar refractivity (Wildman–Crippen MR) is 97.4 cm³/mol. The maximum Gasteiger partial charge on any atom is 0.387 e. The Morgan fingerprint density at radius 3 is 2.78 bits per heavy atom. The molecular formula is C19H22F2N4O2. The summed E-state index contributed by atoms with van der Waals surface area (Å²) in [4.78, 5) is 20.3. The van der Waals surface area contributed by atoms with Gasteiger partial charge in [-0.05, 0) is 48.9 Å². The van der Waals surface area contributed by atoms with Crippen molar-refractivity contribution < 1.29 is 13.5 Å². The summed E-state index contributed by atoms with van der Waals surface area (Å²) in [6.07, 6.45) is 5.21. The fraction of sp³-hybridized carbons (Fsp3) is 0.474. The molecule has 0 amide bonds. The third kappa shape index (κ3) is 4.10. The van der Waals surface area contributed by atoms with Crippen LogP contribution in [0.1, 0.15) is 36.4 Å². The van der Waals surface area contributed by atoms with E-state index in [1.807, 2.05) is 6.07 Å². The van der Waals surface area contributed by atoms with Gasteiger partial charge in [-0.3, -0.25) is 4.79 Å². The number of benzene rings is 1. The van der Waals surface area contributed by atoms with E-state index in [0.29, 0.717) is 11.9 Å². The number of anilines is 1. The van der Waals surface area contributed by atoms with Gasteiger partial charge in [-0.2, -0.15) is 8.78 Å². The molecule has 4 rings (SSSR count). The van der Waals surface area contributed by atoms with Crippen LogP contribution in [0.5, 0.6) is 5.75 Å². The van der Waals surface area contributed by atoms with Crippen LogP contribution < -0.4 is 20.5 Å². The van der Waals surface area contributed by atoms with Crippen LogP contribution in [0.25, 0.3) is 0 Å². The van der Waals surface area contributed by atoms with E-state index < -0.39 is 6.61 Å². The molecule has 2 N–H and O–H groups in total. The van der Waals surface area contributed by atoms with Crippen molar-refractivity contribution in [2.45, 2.75) is 44.4 Å². The van der Waals surface area contributed by atoms with E-state index in [9.17, 15) is 13.6 Å². The molecule has 8 heteroatoms. The minimum atomic E-state index is -2.81.